The number of hydrogen-bond donors (Lipinski definition) is 1. The van der Waals surface area contributed by atoms with E-state index in [1.54, 1.807) is 41.3 Å². The van der Waals surface area contributed by atoms with Crippen LogP contribution in [0.5, 0.6) is 0 Å². The molecule has 0 unspecified atom stereocenters. The average molecular weight is 532 g/mol. The molecule has 0 spiro atoms. The lowest BCUT2D eigenvalue weighted by molar-refractivity contribution is -0.141. The molecular formula is C28H29Cl3N2O2. The van der Waals surface area contributed by atoms with Gasteiger partial charge in [-0.25, -0.2) is 0 Å². The fourth-order valence-corrected chi connectivity index (χ4v) is 4.50. The lowest BCUT2D eigenvalue weighted by Crippen LogP contribution is -2.52. The van der Waals surface area contributed by atoms with Gasteiger partial charge in [-0.3, -0.25) is 9.59 Å². The Labute approximate surface area is 222 Å². The number of rotatable bonds is 10. The number of carbonyl (C=O) groups excluding carboxylic acids is 2. The van der Waals surface area contributed by atoms with Crippen molar-refractivity contribution >= 4 is 46.6 Å². The van der Waals surface area contributed by atoms with E-state index < -0.39 is 6.04 Å². The van der Waals surface area contributed by atoms with E-state index in [4.69, 9.17) is 34.8 Å². The highest BCUT2D eigenvalue weighted by molar-refractivity contribution is 6.36. The first kappa shape index (κ1) is 27.1. The second kappa shape index (κ2) is 13.0. The molecule has 2 atom stereocenters. The Morgan fingerprint density at radius 2 is 1.51 bits per heavy atom. The summed E-state index contributed by atoms with van der Waals surface area (Å²) in [5.74, 6) is -0.436. The van der Waals surface area contributed by atoms with Crippen LogP contribution >= 0.6 is 34.8 Å². The van der Waals surface area contributed by atoms with Crippen LogP contribution in [0.25, 0.3) is 0 Å². The van der Waals surface area contributed by atoms with E-state index >= 15 is 0 Å². The number of carbonyl (C=O) groups is 2. The van der Waals surface area contributed by atoms with Crippen LogP contribution in [0, 0.1) is 0 Å². The zero-order valence-electron chi connectivity index (χ0n) is 19.8. The predicted octanol–water partition coefficient (Wildman–Crippen LogP) is 6.74. The summed E-state index contributed by atoms with van der Waals surface area (Å²) >= 11 is 19.1. The maximum Gasteiger partial charge on any atom is 0.243 e. The molecule has 0 saturated carbocycles. The lowest BCUT2D eigenvalue weighted by Gasteiger charge is -2.33. The summed E-state index contributed by atoms with van der Waals surface area (Å²) in [6, 6.07) is 21.2. The van der Waals surface area contributed by atoms with Crippen molar-refractivity contribution in [2.75, 3.05) is 0 Å². The van der Waals surface area contributed by atoms with E-state index in [0.29, 0.717) is 27.1 Å². The second-order valence-corrected chi connectivity index (χ2v) is 9.80. The largest absolute Gasteiger partial charge is 0.352 e. The van der Waals surface area contributed by atoms with Crippen molar-refractivity contribution in [2.45, 2.75) is 51.7 Å². The fourth-order valence-electron chi connectivity index (χ4n) is 3.77. The minimum atomic E-state index is -0.759. The highest BCUT2D eigenvalue weighted by atomic mass is 35.5. The Kier molecular flexibility index (Phi) is 10.0. The fraction of sp³-hybridized carbons (Fsp3) is 0.286. The molecule has 0 aromatic heterocycles. The van der Waals surface area contributed by atoms with Gasteiger partial charge in [0.05, 0.1) is 6.42 Å². The molecule has 3 aromatic rings. The lowest BCUT2D eigenvalue weighted by atomic mass is 10.0. The minimum absolute atomic E-state index is 0.0328. The van der Waals surface area contributed by atoms with Gasteiger partial charge in [-0.2, -0.15) is 0 Å². The van der Waals surface area contributed by atoms with Crippen LogP contribution in [0.15, 0.2) is 72.8 Å². The Hall–Kier alpha value is -2.53. The van der Waals surface area contributed by atoms with Crippen molar-refractivity contribution < 1.29 is 9.59 Å². The van der Waals surface area contributed by atoms with Crippen molar-refractivity contribution in [2.24, 2.45) is 0 Å². The molecular weight excluding hydrogens is 503 g/mol. The van der Waals surface area contributed by atoms with Gasteiger partial charge < -0.3 is 10.2 Å². The van der Waals surface area contributed by atoms with Crippen LogP contribution in [0.2, 0.25) is 15.1 Å². The molecule has 0 fully saturated rings. The van der Waals surface area contributed by atoms with Crippen LogP contribution in [-0.2, 0) is 29.0 Å². The molecule has 0 heterocycles. The van der Waals surface area contributed by atoms with Crippen molar-refractivity contribution in [3.8, 4) is 0 Å². The van der Waals surface area contributed by atoms with Crippen LogP contribution in [-0.4, -0.2) is 28.8 Å². The van der Waals surface area contributed by atoms with Gasteiger partial charge in [0.15, 0.2) is 0 Å². The Morgan fingerprint density at radius 1 is 0.886 bits per heavy atom. The smallest absolute Gasteiger partial charge is 0.243 e. The Bertz CT molecular complexity index is 1130. The zero-order chi connectivity index (χ0) is 25.4. The molecule has 0 bridgehead atoms. The van der Waals surface area contributed by atoms with Crippen molar-refractivity contribution in [1.29, 1.82) is 0 Å². The van der Waals surface area contributed by atoms with Gasteiger partial charge in [-0.05, 0) is 48.7 Å². The molecule has 184 valence electrons. The maximum atomic E-state index is 13.8. The average Bonchev–Trinajstić information content (AvgIpc) is 2.83. The number of amides is 2. The van der Waals surface area contributed by atoms with Gasteiger partial charge in [0.25, 0.3) is 0 Å². The topological polar surface area (TPSA) is 49.4 Å². The molecule has 35 heavy (non-hydrogen) atoms. The first-order valence-electron chi connectivity index (χ1n) is 11.6. The standard InChI is InChI=1S/C28H29Cl3N2O2/c1-3-19(2)32-28(35)26(16-20-9-5-4-6-10-20)33(18-23-24(30)13-8-14-25(23)31)27(34)17-21-11-7-12-22(29)15-21/h4-15,19,26H,3,16-18H2,1-2H3,(H,32,35)/t19-,26+/m0/s1. The number of nitrogens with zero attached hydrogens (tertiary/aromatic N) is 1. The molecule has 0 radical (unpaired) electrons. The minimum Gasteiger partial charge on any atom is -0.352 e. The Morgan fingerprint density at radius 3 is 2.14 bits per heavy atom. The molecule has 2 amide bonds. The molecule has 3 aromatic carbocycles. The predicted molar refractivity (Wildman–Crippen MR) is 144 cm³/mol. The summed E-state index contributed by atoms with van der Waals surface area (Å²) in [6.07, 6.45) is 1.22. The highest BCUT2D eigenvalue weighted by Crippen LogP contribution is 2.28. The van der Waals surface area contributed by atoms with E-state index in [2.05, 4.69) is 5.32 Å². The molecule has 1 N–H and O–H groups in total. The summed E-state index contributed by atoms with van der Waals surface area (Å²) in [7, 11) is 0. The van der Waals surface area contributed by atoms with Gasteiger partial charge in [-0.15, -0.1) is 0 Å². The van der Waals surface area contributed by atoms with Crippen LogP contribution in [0.1, 0.15) is 37.0 Å². The Balaban J connectivity index is 2.02. The van der Waals surface area contributed by atoms with E-state index in [0.717, 1.165) is 17.5 Å². The SMILES string of the molecule is CC[C@H](C)NC(=O)[C@@H](Cc1ccccc1)N(Cc1c(Cl)cccc1Cl)C(=O)Cc1cccc(Cl)c1. The highest BCUT2D eigenvalue weighted by Gasteiger charge is 2.31. The molecule has 4 nitrogen and oxygen atoms in total. The summed E-state index contributed by atoms with van der Waals surface area (Å²) < 4.78 is 0. The molecule has 3 rings (SSSR count). The number of halogens is 3. The van der Waals surface area contributed by atoms with E-state index in [1.165, 1.54) is 0 Å². The van der Waals surface area contributed by atoms with Gasteiger partial charge >= 0.3 is 0 Å². The zero-order valence-corrected chi connectivity index (χ0v) is 22.1. The molecule has 0 aliphatic carbocycles. The third-order valence-corrected chi connectivity index (χ3v) is 6.85. The number of benzene rings is 3. The van der Waals surface area contributed by atoms with Crippen molar-refractivity contribution in [1.82, 2.24) is 10.2 Å². The molecule has 0 aliphatic rings. The summed E-state index contributed by atoms with van der Waals surface area (Å²) in [5, 5.41) is 4.49. The summed E-state index contributed by atoms with van der Waals surface area (Å²) in [6.45, 7) is 4.05. The van der Waals surface area contributed by atoms with Gasteiger partial charge in [0.2, 0.25) is 11.8 Å². The van der Waals surface area contributed by atoms with Gasteiger partial charge in [0, 0.05) is 39.6 Å². The van der Waals surface area contributed by atoms with Crippen LogP contribution in [0.4, 0.5) is 0 Å². The second-order valence-electron chi connectivity index (χ2n) is 8.55. The first-order chi connectivity index (χ1) is 16.8. The number of nitrogens with one attached hydrogen (secondary N) is 1. The summed E-state index contributed by atoms with van der Waals surface area (Å²) in [5.41, 5.74) is 2.31. The first-order valence-corrected chi connectivity index (χ1v) is 12.7. The van der Waals surface area contributed by atoms with E-state index in [-0.39, 0.29) is 30.8 Å². The van der Waals surface area contributed by atoms with E-state index in [1.807, 2.05) is 50.2 Å². The van der Waals surface area contributed by atoms with Crippen molar-refractivity contribution in [3.05, 3.63) is 105 Å². The van der Waals surface area contributed by atoms with Gasteiger partial charge in [-0.1, -0.05) is 90.3 Å². The monoisotopic (exact) mass is 530 g/mol. The maximum absolute atomic E-state index is 13.8. The summed E-state index contributed by atoms with van der Waals surface area (Å²) in [4.78, 5) is 28.9. The van der Waals surface area contributed by atoms with E-state index in [9.17, 15) is 9.59 Å². The van der Waals surface area contributed by atoms with Crippen molar-refractivity contribution in [3.63, 3.8) is 0 Å². The quantitative estimate of drug-likeness (QED) is 0.315. The third-order valence-electron chi connectivity index (χ3n) is 5.91. The van der Waals surface area contributed by atoms with Crippen LogP contribution < -0.4 is 5.32 Å². The molecule has 7 heteroatoms. The van der Waals surface area contributed by atoms with Gasteiger partial charge in [0.1, 0.15) is 6.04 Å². The third kappa shape index (κ3) is 7.73. The number of hydrogen-bond acceptors (Lipinski definition) is 2. The van der Waals surface area contributed by atoms with Crippen LogP contribution in [0.3, 0.4) is 0 Å². The molecule has 0 aliphatic heterocycles. The molecule has 0 saturated heterocycles. The normalized spacial score (nSPS) is 12.6.